The molecule has 96 valence electrons. The summed E-state index contributed by atoms with van der Waals surface area (Å²) in [5.41, 5.74) is 0. The van der Waals surface area contributed by atoms with Gasteiger partial charge in [0.15, 0.2) is 5.96 Å². The van der Waals surface area contributed by atoms with Crippen LogP contribution >= 0.6 is 11.8 Å². The molecule has 0 radical (unpaired) electrons. The van der Waals surface area contributed by atoms with Gasteiger partial charge in [0.25, 0.3) is 0 Å². The van der Waals surface area contributed by atoms with E-state index in [1.807, 2.05) is 13.2 Å². The molecule has 0 aromatic rings. The molecule has 0 aliphatic carbocycles. The third kappa shape index (κ3) is 8.70. The van der Waals surface area contributed by atoms with E-state index in [2.05, 4.69) is 15.6 Å². The van der Waals surface area contributed by atoms with Gasteiger partial charge in [0, 0.05) is 25.4 Å². The monoisotopic (exact) mass is 257 g/mol. The predicted octanol–water partition coefficient (Wildman–Crippen LogP) is 1.86. The van der Waals surface area contributed by atoms with Crippen molar-refractivity contribution >= 4 is 17.7 Å². The van der Waals surface area contributed by atoms with Gasteiger partial charge in [-0.2, -0.15) is 24.9 Å². The Kier molecular flexibility index (Phi) is 7.36. The summed E-state index contributed by atoms with van der Waals surface area (Å²) in [5.74, 6) is 0.408. The molecule has 0 aromatic carbocycles. The maximum Gasteiger partial charge on any atom is 0.390 e. The lowest BCUT2D eigenvalue weighted by molar-refractivity contribution is -0.132. The molecule has 1 atom stereocenters. The number of rotatable bonds is 5. The van der Waals surface area contributed by atoms with Crippen LogP contribution in [0.5, 0.6) is 0 Å². The SMILES string of the molecule is CN=C(NCCC(F)(F)F)NCC(C)SC. The third-order valence-corrected chi connectivity index (χ3v) is 2.86. The van der Waals surface area contributed by atoms with Crippen LogP contribution in [0.4, 0.5) is 13.2 Å². The van der Waals surface area contributed by atoms with Crippen molar-refractivity contribution in [2.75, 3.05) is 26.4 Å². The van der Waals surface area contributed by atoms with Crippen LogP contribution in [0.25, 0.3) is 0 Å². The van der Waals surface area contributed by atoms with Crippen molar-refractivity contribution in [1.82, 2.24) is 10.6 Å². The third-order valence-electron chi connectivity index (χ3n) is 1.88. The van der Waals surface area contributed by atoms with Crippen molar-refractivity contribution in [3.8, 4) is 0 Å². The fraction of sp³-hybridized carbons (Fsp3) is 0.889. The zero-order chi connectivity index (χ0) is 12.6. The Labute approximate surface area is 98.3 Å². The van der Waals surface area contributed by atoms with E-state index < -0.39 is 12.6 Å². The highest BCUT2D eigenvalue weighted by atomic mass is 32.2. The zero-order valence-corrected chi connectivity index (χ0v) is 10.5. The first-order valence-corrected chi connectivity index (χ1v) is 6.22. The normalized spacial score (nSPS) is 14.8. The molecule has 0 saturated carbocycles. The van der Waals surface area contributed by atoms with Crippen LogP contribution in [0.2, 0.25) is 0 Å². The van der Waals surface area contributed by atoms with Crippen molar-refractivity contribution in [1.29, 1.82) is 0 Å². The minimum absolute atomic E-state index is 0.156. The summed E-state index contributed by atoms with van der Waals surface area (Å²) in [5, 5.41) is 5.96. The van der Waals surface area contributed by atoms with Crippen molar-refractivity contribution in [2.24, 2.45) is 4.99 Å². The summed E-state index contributed by atoms with van der Waals surface area (Å²) in [4.78, 5) is 3.83. The molecule has 0 aliphatic rings. The Morgan fingerprint density at radius 1 is 1.38 bits per heavy atom. The Hall–Kier alpha value is -0.590. The van der Waals surface area contributed by atoms with Crippen LogP contribution in [-0.2, 0) is 0 Å². The molecule has 0 amide bonds. The minimum atomic E-state index is -4.13. The number of alkyl halides is 3. The molecule has 3 nitrogen and oxygen atoms in total. The van der Waals surface area contributed by atoms with Gasteiger partial charge in [-0.3, -0.25) is 4.99 Å². The number of hydrogen-bond donors (Lipinski definition) is 2. The van der Waals surface area contributed by atoms with Crippen molar-refractivity contribution in [2.45, 2.75) is 24.8 Å². The molecule has 0 bridgehead atoms. The first kappa shape index (κ1) is 15.4. The molecule has 0 rings (SSSR count). The van der Waals surface area contributed by atoms with Gasteiger partial charge in [0.1, 0.15) is 0 Å². The minimum Gasteiger partial charge on any atom is -0.356 e. The van der Waals surface area contributed by atoms with E-state index in [4.69, 9.17) is 0 Å². The molecule has 7 heteroatoms. The molecule has 2 N–H and O–H groups in total. The molecule has 0 aliphatic heterocycles. The van der Waals surface area contributed by atoms with Gasteiger partial charge in [0.2, 0.25) is 0 Å². The van der Waals surface area contributed by atoms with Crippen LogP contribution in [0.15, 0.2) is 4.99 Å². The second-order valence-electron chi connectivity index (χ2n) is 3.29. The van der Waals surface area contributed by atoms with Crippen LogP contribution < -0.4 is 10.6 Å². The van der Waals surface area contributed by atoms with E-state index in [1.54, 1.807) is 11.8 Å². The lowest BCUT2D eigenvalue weighted by Crippen LogP contribution is -2.41. The number of halogens is 3. The Bertz CT molecular complexity index is 219. The molecule has 1 unspecified atom stereocenters. The van der Waals surface area contributed by atoms with Gasteiger partial charge in [0.05, 0.1) is 6.42 Å². The van der Waals surface area contributed by atoms with Crippen LogP contribution in [-0.4, -0.2) is 43.8 Å². The van der Waals surface area contributed by atoms with Gasteiger partial charge >= 0.3 is 6.18 Å². The van der Waals surface area contributed by atoms with Crippen molar-refractivity contribution < 1.29 is 13.2 Å². The fourth-order valence-electron chi connectivity index (χ4n) is 0.867. The number of hydrogen-bond acceptors (Lipinski definition) is 2. The van der Waals surface area contributed by atoms with Gasteiger partial charge < -0.3 is 10.6 Å². The second-order valence-corrected chi connectivity index (χ2v) is 4.57. The van der Waals surface area contributed by atoms with Crippen molar-refractivity contribution in [3.05, 3.63) is 0 Å². The zero-order valence-electron chi connectivity index (χ0n) is 9.69. The van der Waals surface area contributed by atoms with Crippen molar-refractivity contribution in [3.63, 3.8) is 0 Å². The highest BCUT2D eigenvalue weighted by Gasteiger charge is 2.26. The molecule has 0 saturated heterocycles. The topological polar surface area (TPSA) is 36.4 Å². The first-order valence-electron chi connectivity index (χ1n) is 4.93. The fourth-order valence-corrected chi connectivity index (χ4v) is 1.12. The summed E-state index contributed by atoms with van der Waals surface area (Å²) < 4.78 is 35.6. The van der Waals surface area contributed by atoms with Gasteiger partial charge in [-0.15, -0.1) is 0 Å². The summed E-state index contributed by atoms with van der Waals surface area (Å²) in [7, 11) is 1.53. The summed E-state index contributed by atoms with van der Waals surface area (Å²) in [6, 6.07) is 0. The predicted molar refractivity (Wildman–Crippen MR) is 63.0 cm³/mol. The van der Waals surface area contributed by atoms with E-state index in [0.717, 1.165) is 0 Å². The maximum atomic E-state index is 11.9. The quantitative estimate of drug-likeness (QED) is 0.583. The average molecular weight is 257 g/mol. The summed E-state index contributed by atoms with van der Waals surface area (Å²) in [6.07, 6.45) is -3.00. The number of nitrogens with zero attached hydrogens (tertiary/aromatic N) is 1. The molecule has 0 spiro atoms. The van der Waals surface area contributed by atoms with Crippen LogP contribution in [0, 0.1) is 0 Å². The molecule has 0 fully saturated rings. The average Bonchev–Trinajstić information content (AvgIpc) is 2.20. The van der Waals surface area contributed by atoms with Gasteiger partial charge in [-0.25, -0.2) is 0 Å². The van der Waals surface area contributed by atoms with E-state index >= 15 is 0 Å². The molecule has 0 heterocycles. The highest BCUT2D eigenvalue weighted by molar-refractivity contribution is 7.99. The smallest absolute Gasteiger partial charge is 0.356 e. The van der Waals surface area contributed by atoms with Gasteiger partial charge in [-0.1, -0.05) is 6.92 Å². The molecular weight excluding hydrogens is 239 g/mol. The number of thioether (sulfide) groups is 1. The number of aliphatic imine (C=N–C) groups is 1. The largest absolute Gasteiger partial charge is 0.390 e. The van der Waals surface area contributed by atoms with Gasteiger partial charge in [-0.05, 0) is 6.26 Å². The number of nitrogens with one attached hydrogen (secondary N) is 2. The molecule has 16 heavy (non-hydrogen) atoms. The van der Waals surface area contributed by atoms with Crippen LogP contribution in [0.3, 0.4) is 0 Å². The molecular formula is C9H18F3N3S. The highest BCUT2D eigenvalue weighted by Crippen LogP contribution is 2.17. The lowest BCUT2D eigenvalue weighted by atomic mass is 10.4. The Balaban J connectivity index is 3.77. The van der Waals surface area contributed by atoms with E-state index in [-0.39, 0.29) is 6.54 Å². The summed E-state index contributed by atoms with van der Waals surface area (Å²) >= 11 is 1.68. The number of guanidine groups is 1. The summed E-state index contributed by atoms with van der Waals surface area (Å²) in [6.45, 7) is 2.55. The Morgan fingerprint density at radius 3 is 2.44 bits per heavy atom. The van der Waals surface area contributed by atoms with E-state index in [0.29, 0.717) is 17.8 Å². The standard InChI is InChI=1S/C9H18F3N3S/c1-7(16-3)6-15-8(13-2)14-5-4-9(10,11)12/h7H,4-6H2,1-3H3,(H2,13,14,15). The second kappa shape index (κ2) is 7.65. The maximum absolute atomic E-state index is 11.9. The lowest BCUT2D eigenvalue weighted by Gasteiger charge is -2.15. The Morgan fingerprint density at radius 2 is 2.00 bits per heavy atom. The van der Waals surface area contributed by atoms with Crippen LogP contribution in [0.1, 0.15) is 13.3 Å². The first-order chi connectivity index (χ1) is 7.39. The van der Waals surface area contributed by atoms with E-state index in [1.165, 1.54) is 7.05 Å². The van der Waals surface area contributed by atoms with E-state index in [9.17, 15) is 13.2 Å². The molecule has 0 aromatic heterocycles.